The highest BCUT2D eigenvalue weighted by molar-refractivity contribution is 7.90. The van der Waals surface area contributed by atoms with Crippen molar-refractivity contribution in [1.82, 2.24) is 9.71 Å². The second kappa shape index (κ2) is 9.24. The molecular weight excluding hydrogens is 503 g/mol. The highest BCUT2D eigenvalue weighted by Gasteiger charge is 2.24. The SMILES string of the molecule is COc1ccc(S(=O)(=O)NC(=O)c2cc3c(Nc4ccc(Cl)c(F)c4)ccc([N+](=O)[O-])c3[nH]2)cc1. The lowest BCUT2D eigenvalue weighted by molar-refractivity contribution is -0.383. The number of fused-ring (bicyclic) bond motifs is 1. The summed E-state index contributed by atoms with van der Waals surface area (Å²) in [5.74, 6) is -1.28. The number of carbonyl (C=O) groups excluding carboxylic acids is 1. The van der Waals surface area contributed by atoms with Crippen molar-refractivity contribution in [1.29, 1.82) is 0 Å². The van der Waals surface area contributed by atoms with Gasteiger partial charge in [0.25, 0.3) is 21.6 Å². The molecule has 1 heterocycles. The van der Waals surface area contributed by atoms with Crippen LogP contribution in [-0.4, -0.2) is 31.3 Å². The molecule has 0 aliphatic rings. The molecule has 1 aromatic heterocycles. The molecule has 0 saturated carbocycles. The van der Waals surface area contributed by atoms with Gasteiger partial charge in [-0.15, -0.1) is 0 Å². The van der Waals surface area contributed by atoms with Crippen LogP contribution in [0.5, 0.6) is 5.75 Å². The van der Waals surface area contributed by atoms with Gasteiger partial charge in [0.05, 0.1) is 22.0 Å². The van der Waals surface area contributed by atoms with Crippen LogP contribution in [0.1, 0.15) is 10.5 Å². The molecule has 10 nitrogen and oxygen atoms in total. The Hall–Kier alpha value is -4.16. The number of carbonyl (C=O) groups is 1. The van der Waals surface area contributed by atoms with E-state index in [1.807, 2.05) is 4.72 Å². The Labute approximate surface area is 202 Å². The van der Waals surface area contributed by atoms with E-state index >= 15 is 0 Å². The van der Waals surface area contributed by atoms with E-state index < -0.39 is 26.7 Å². The third kappa shape index (κ3) is 4.88. The Kier molecular flexibility index (Phi) is 6.33. The van der Waals surface area contributed by atoms with Crippen LogP contribution in [0, 0.1) is 15.9 Å². The summed E-state index contributed by atoms with van der Waals surface area (Å²) in [5.41, 5.74) is 0.0000228. The first-order chi connectivity index (χ1) is 16.6. The summed E-state index contributed by atoms with van der Waals surface area (Å²) in [6.07, 6.45) is 0. The Morgan fingerprint density at radius 1 is 1.11 bits per heavy atom. The van der Waals surface area contributed by atoms with Crippen molar-refractivity contribution in [3.05, 3.63) is 87.3 Å². The summed E-state index contributed by atoms with van der Waals surface area (Å²) in [6, 6.07) is 13.2. The number of nitrogens with one attached hydrogen (secondary N) is 3. The molecule has 0 bridgehead atoms. The number of non-ortho nitro benzene ring substituents is 1. The molecule has 4 rings (SSSR count). The minimum absolute atomic E-state index is 0.0265. The number of halogens is 2. The standard InChI is InChI=1S/C22H16ClFN4O6S/c1-34-13-3-5-14(6-4-13)35(32,33)27-22(29)19-11-15-18(8-9-20(28(30)31)21(15)26-19)25-12-2-7-16(23)17(24)10-12/h2-11,25-26H,1H3,(H,27,29). The summed E-state index contributed by atoms with van der Waals surface area (Å²) in [5, 5.41) is 14.6. The third-order valence-electron chi connectivity index (χ3n) is 5.01. The van der Waals surface area contributed by atoms with E-state index in [1.165, 1.54) is 61.7 Å². The van der Waals surface area contributed by atoms with Crippen molar-refractivity contribution in [2.24, 2.45) is 0 Å². The Bertz CT molecular complexity index is 1570. The normalized spacial score (nSPS) is 11.3. The predicted molar refractivity (Wildman–Crippen MR) is 127 cm³/mol. The lowest BCUT2D eigenvalue weighted by Crippen LogP contribution is -2.30. The molecular formula is C22H16ClFN4O6S. The van der Waals surface area contributed by atoms with E-state index in [2.05, 4.69) is 10.3 Å². The van der Waals surface area contributed by atoms with E-state index in [0.29, 0.717) is 17.1 Å². The highest BCUT2D eigenvalue weighted by Crippen LogP contribution is 2.34. The van der Waals surface area contributed by atoms with Crippen molar-refractivity contribution in [2.45, 2.75) is 4.90 Å². The van der Waals surface area contributed by atoms with E-state index in [1.54, 1.807) is 0 Å². The van der Waals surface area contributed by atoms with Gasteiger partial charge in [0, 0.05) is 22.8 Å². The minimum Gasteiger partial charge on any atom is -0.497 e. The Morgan fingerprint density at radius 2 is 1.83 bits per heavy atom. The van der Waals surface area contributed by atoms with Crippen LogP contribution in [0.15, 0.2) is 65.6 Å². The van der Waals surface area contributed by atoms with E-state index in [-0.39, 0.29) is 32.2 Å². The van der Waals surface area contributed by atoms with Gasteiger partial charge in [-0.05, 0) is 54.6 Å². The lowest BCUT2D eigenvalue weighted by atomic mass is 10.1. The van der Waals surface area contributed by atoms with E-state index in [9.17, 15) is 27.7 Å². The maximum absolute atomic E-state index is 13.8. The van der Waals surface area contributed by atoms with Crippen LogP contribution in [-0.2, 0) is 10.0 Å². The molecule has 13 heteroatoms. The smallest absolute Gasteiger partial charge is 0.293 e. The van der Waals surface area contributed by atoms with Crippen LogP contribution < -0.4 is 14.8 Å². The number of aromatic amines is 1. The van der Waals surface area contributed by atoms with Crippen LogP contribution >= 0.6 is 11.6 Å². The summed E-state index contributed by atoms with van der Waals surface area (Å²) >= 11 is 5.70. The third-order valence-corrected chi connectivity index (χ3v) is 6.66. The zero-order valence-corrected chi connectivity index (χ0v) is 19.4. The van der Waals surface area contributed by atoms with Gasteiger partial charge in [-0.2, -0.15) is 0 Å². The number of H-pyrrole nitrogens is 1. The number of benzene rings is 3. The number of nitro benzene ring substituents is 1. The first-order valence-corrected chi connectivity index (χ1v) is 11.7. The first-order valence-electron chi connectivity index (χ1n) is 9.82. The number of rotatable bonds is 7. The zero-order chi connectivity index (χ0) is 25.3. The minimum atomic E-state index is -4.24. The van der Waals surface area contributed by atoms with Crippen LogP contribution in [0.3, 0.4) is 0 Å². The van der Waals surface area contributed by atoms with Crippen LogP contribution in [0.4, 0.5) is 21.5 Å². The zero-order valence-electron chi connectivity index (χ0n) is 17.8. The van der Waals surface area contributed by atoms with Gasteiger partial charge in [0.2, 0.25) is 0 Å². The maximum atomic E-state index is 13.8. The van der Waals surface area contributed by atoms with E-state index in [4.69, 9.17) is 16.3 Å². The van der Waals surface area contributed by atoms with Gasteiger partial charge in [0.1, 0.15) is 22.8 Å². The lowest BCUT2D eigenvalue weighted by Gasteiger charge is -2.08. The molecule has 0 fully saturated rings. The molecule has 0 saturated heterocycles. The number of anilines is 2. The Balaban J connectivity index is 1.70. The fourth-order valence-electron chi connectivity index (χ4n) is 3.31. The number of nitro groups is 1. The molecule has 0 aliphatic heterocycles. The van der Waals surface area contributed by atoms with Crippen molar-refractivity contribution in [3.63, 3.8) is 0 Å². The Morgan fingerprint density at radius 3 is 2.46 bits per heavy atom. The number of hydrogen-bond donors (Lipinski definition) is 3. The first kappa shape index (κ1) is 24.0. The number of sulfonamides is 1. The summed E-state index contributed by atoms with van der Waals surface area (Å²) in [7, 11) is -2.82. The predicted octanol–water partition coefficient (Wildman–Crippen LogP) is 4.74. The van der Waals surface area contributed by atoms with Gasteiger partial charge in [0.15, 0.2) is 0 Å². The molecule has 35 heavy (non-hydrogen) atoms. The highest BCUT2D eigenvalue weighted by atomic mass is 35.5. The average Bonchev–Trinajstić information content (AvgIpc) is 3.27. The second-order valence-corrected chi connectivity index (χ2v) is 9.31. The summed E-state index contributed by atoms with van der Waals surface area (Å²) < 4.78 is 46.0. The average molecular weight is 519 g/mol. The van der Waals surface area contributed by atoms with Gasteiger partial charge >= 0.3 is 0 Å². The van der Waals surface area contributed by atoms with Crippen molar-refractivity contribution in [3.8, 4) is 5.75 Å². The summed E-state index contributed by atoms with van der Waals surface area (Å²) in [6.45, 7) is 0. The van der Waals surface area contributed by atoms with Crippen LogP contribution in [0.2, 0.25) is 5.02 Å². The fourth-order valence-corrected chi connectivity index (χ4v) is 4.39. The van der Waals surface area contributed by atoms with Crippen molar-refractivity contribution >= 4 is 55.5 Å². The largest absolute Gasteiger partial charge is 0.497 e. The van der Waals surface area contributed by atoms with Gasteiger partial charge < -0.3 is 15.0 Å². The molecule has 4 aromatic rings. The van der Waals surface area contributed by atoms with Gasteiger partial charge in [-0.25, -0.2) is 17.5 Å². The molecule has 0 radical (unpaired) electrons. The van der Waals surface area contributed by atoms with Gasteiger partial charge in [-0.3, -0.25) is 14.9 Å². The number of ether oxygens (including phenoxy) is 1. The summed E-state index contributed by atoms with van der Waals surface area (Å²) in [4.78, 5) is 26.0. The quantitative estimate of drug-likeness (QED) is 0.237. The van der Waals surface area contributed by atoms with Gasteiger partial charge in [-0.1, -0.05) is 11.6 Å². The topological polar surface area (TPSA) is 143 Å². The van der Waals surface area contributed by atoms with Crippen molar-refractivity contribution < 1.29 is 27.3 Å². The monoisotopic (exact) mass is 518 g/mol. The van der Waals surface area contributed by atoms with Crippen LogP contribution in [0.25, 0.3) is 10.9 Å². The molecule has 0 atom stereocenters. The molecule has 0 spiro atoms. The number of amides is 1. The second-order valence-electron chi connectivity index (χ2n) is 7.23. The van der Waals surface area contributed by atoms with Crippen molar-refractivity contribution in [2.75, 3.05) is 12.4 Å². The van der Waals surface area contributed by atoms with E-state index in [0.717, 1.165) is 6.07 Å². The maximum Gasteiger partial charge on any atom is 0.293 e. The fraction of sp³-hybridized carbons (Fsp3) is 0.0455. The number of hydrogen-bond acceptors (Lipinski definition) is 7. The molecule has 3 N–H and O–H groups in total. The molecule has 1 amide bonds. The number of methoxy groups -OCH3 is 1. The number of nitrogens with zero attached hydrogens (tertiary/aromatic N) is 1. The molecule has 3 aromatic carbocycles. The molecule has 0 aliphatic carbocycles. The number of aromatic nitrogens is 1. The molecule has 0 unspecified atom stereocenters. The molecule has 180 valence electrons.